The van der Waals surface area contributed by atoms with Crippen molar-refractivity contribution < 1.29 is 18.0 Å². The van der Waals surface area contributed by atoms with Crippen LogP contribution in [0.25, 0.3) is 28.2 Å². The molecule has 31 heavy (non-hydrogen) atoms. The molecule has 0 radical (unpaired) electrons. The van der Waals surface area contributed by atoms with Crippen molar-refractivity contribution in [1.29, 1.82) is 0 Å². The number of fused-ring (bicyclic) bond motifs is 1. The van der Waals surface area contributed by atoms with Crippen molar-refractivity contribution in [3.63, 3.8) is 0 Å². The minimum Gasteiger partial charge on any atom is -0.356 e. The Morgan fingerprint density at radius 3 is 2.71 bits per heavy atom. The Bertz CT molecular complexity index is 1250. The summed E-state index contributed by atoms with van der Waals surface area (Å²) in [6.07, 6.45) is 0.175. The van der Waals surface area contributed by atoms with E-state index in [4.69, 9.17) is 0 Å². The Morgan fingerprint density at radius 1 is 1.10 bits per heavy atom. The number of hydrogen-bond acceptors (Lipinski definition) is 4. The summed E-state index contributed by atoms with van der Waals surface area (Å²) in [6.45, 7) is 2.44. The first-order valence-corrected chi connectivity index (χ1v) is 9.59. The monoisotopic (exact) mass is 425 g/mol. The van der Waals surface area contributed by atoms with Crippen LogP contribution < -0.4 is 5.32 Å². The lowest BCUT2D eigenvalue weighted by Crippen LogP contribution is -2.24. The summed E-state index contributed by atoms with van der Waals surface area (Å²) in [5.74, 6) is -1.23. The number of aromatic nitrogens is 4. The van der Waals surface area contributed by atoms with Gasteiger partial charge in [0.1, 0.15) is 5.65 Å². The average Bonchev–Trinajstić information content (AvgIpc) is 3.17. The average molecular weight is 425 g/mol. The van der Waals surface area contributed by atoms with E-state index in [9.17, 15) is 18.0 Å². The number of likely N-dealkylation sites (N-methyl/N-ethyl adjacent to an activating group) is 1. The van der Waals surface area contributed by atoms with Gasteiger partial charge in [0.25, 0.3) is 0 Å². The van der Waals surface area contributed by atoms with Crippen molar-refractivity contribution in [3.8, 4) is 22.5 Å². The van der Waals surface area contributed by atoms with Crippen LogP contribution in [0.5, 0.6) is 0 Å². The molecule has 0 spiro atoms. The van der Waals surface area contributed by atoms with E-state index in [1.165, 1.54) is 6.07 Å². The molecule has 0 saturated carbocycles. The summed E-state index contributed by atoms with van der Waals surface area (Å²) in [6, 6.07) is 12.4. The molecule has 0 unspecified atom stereocenters. The minimum absolute atomic E-state index is 0.0505. The van der Waals surface area contributed by atoms with Gasteiger partial charge in [0, 0.05) is 30.1 Å². The van der Waals surface area contributed by atoms with Crippen LogP contribution in [0.1, 0.15) is 18.3 Å². The number of halogens is 3. The third kappa shape index (κ3) is 4.40. The fraction of sp³-hybridized carbons (Fsp3) is 0.182. The van der Waals surface area contributed by atoms with Gasteiger partial charge < -0.3 is 5.32 Å². The van der Waals surface area contributed by atoms with Crippen LogP contribution in [0, 0.1) is 0 Å². The number of pyridine rings is 1. The van der Waals surface area contributed by atoms with Gasteiger partial charge in [0.15, 0.2) is 0 Å². The van der Waals surface area contributed by atoms with Gasteiger partial charge in [-0.15, -0.1) is 0 Å². The van der Waals surface area contributed by atoms with Crippen LogP contribution in [0.4, 0.5) is 13.2 Å². The highest BCUT2D eigenvalue weighted by atomic mass is 19.4. The Hall–Kier alpha value is -3.75. The molecule has 158 valence electrons. The zero-order chi connectivity index (χ0) is 22.0. The molecule has 6 nitrogen and oxygen atoms in total. The fourth-order valence-electron chi connectivity index (χ4n) is 3.30. The number of carbonyl (C=O) groups is 1. The van der Waals surface area contributed by atoms with Crippen LogP contribution >= 0.6 is 0 Å². The normalized spacial score (nSPS) is 11.6. The SMILES string of the molecule is CCNC(=O)Cc1cccc(-c2cnc3cc(-c4ccnc(C(F)(F)F)n4)ccn23)c1. The lowest BCUT2D eigenvalue weighted by atomic mass is 10.1. The number of carbonyl (C=O) groups excluding carboxylic acids is 1. The van der Waals surface area contributed by atoms with E-state index in [0.29, 0.717) is 17.8 Å². The standard InChI is InChI=1S/C22H18F3N5O/c1-2-26-20(31)11-14-4-3-5-16(10-14)18-13-28-19-12-15(7-9-30(18)19)17-6-8-27-21(29-17)22(23,24)25/h3-10,12-13H,2,11H2,1H3,(H,26,31). The molecule has 1 amide bonds. The van der Waals surface area contributed by atoms with Crippen molar-refractivity contribution in [2.24, 2.45) is 0 Å². The third-order valence-corrected chi connectivity index (χ3v) is 4.68. The second kappa shape index (κ2) is 8.17. The topological polar surface area (TPSA) is 72.2 Å². The molecule has 0 aliphatic carbocycles. The van der Waals surface area contributed by atoms with E-state index in [-0.39, 0.29) is 18.0 Å². The molecule has 0 bridgehead atoms. The number of alkyl halides is 3. The van der Waals surface area contributed by atoms with Crippen molar-refractivity contribution in [2.75, 3.05) is 6.54 Å². The van der Waals surface area contributed by atoms with Gasteiger partial charge in [-0.25, -0.2) is 15.0 Å². The first-order valence-electron chi connectivity index (χ1n) is 9.59. The van der Waals surface area contributed by atoms with Crippen LogP contribution in [0.15, 0.2) is 61.1 Å². The van der Waals surface area contributed by atoms with Gasteiger partial charge in [-0.3, -0.25) is 9.20 Å². The highest BCUT2D eigenvalue weighted by molar-refractivity contribution is 5.79. The maximum atomic E-state index is 12.9. The zero-order valence-corrected chi connectivity index (χ0v) is 16.5. The van der Waals surface area contributed by atoms with Gasteiger partial charge in [0.2, 0.25) is 11.7 Å². The predicted octanol–water partition coefficient (Wildman–Crippen LogP) is 4.16. The van der Waals surface area contributed by atoms with E-state index in [1.54, 1.807) is 24.5 Å². The third-order valence-electron chi connectivity index (χ3n) is 4.68. The molecule has 1 aromatic carbocycles. The molecule has 0 fully saturated rings. The summed E-state index contributed by atoms with van der Waals surface area (Å²) in [5.41, 5.74) is 3.78. The van der Waals surface area contributed by atoms with Gasteiger partial charge in [-0.1, -0.05) is 18.2 Å². The van der Waals surface area contributed by atoms with Crippen LogP contribution in [-0.4, -0.2) is 31.8 Å². The number of rotatable bonds is 5. The molecule has 3 aromatic heterocycles. The van der Waals surface area contributed by atoms with E-state index in [2.05, 4.69) is 20.3 Å². The zero-order valence-electron chi connectivity index (χ0n) is 16.5. The maximum Gasteiger partial charge on any atom is 0.451 e. The quantitative estimate of drug-likeness (QED) is 0.521. The Labute approximate surface area is 175 Å². The van der Waals surface area contributed by atoms with Gasteiger partial charge >= 0.3 is 6.18 Å². The Morgan fingerprint density at radius 2 is 1.94 bits per heavy atom. The molecule has 0 aliphatic rings. The molecule has 1 N–H and O–H groups in total. The molecule has 0 saturated heterocycles. The highest BCUT2D eigenvalue weighted by Gasteiger charge is 2.34. The largest absolute Gasteiger partial charge is 0.451 e. The number of nitrogens with zero attached hydrogens (tertiary/aromatic N) is 4. The molecule has 0 aliphatic heterocycles. The molecule has 0 atom stereocenters. The molecule has 4 aromatic rings. The summed E-state index contributed by atoms with van der Waals surface area (Å²) >= 11 is 0. The number of amides is 1. The number of imidazole rings is 1. The van der Waals surface area contributed by atoms with Crippen molar-refractivity contribution >= 4 is 11.6 Å². The van der Waals surface area contributed by atoms with Crippen LogP contribution in [0.3, 0.4) is 0 Å². The van der Waals surface area contributed by atoms with Gasteiger partial charge in [0.05, 0.1) is 24.0 Å². The van der Waals surface area contributed by atoms with Crippen LogP contribution in [-0.2, 0) is 17.4 Å². The number of benzene rings is 1. The molecular formula is C22H18F3N5O. The Balaban J connectivity index is 1.67. The van der Waals surface area contributed by atoms with Crippen molar-refractivity contribution in [2.45, 2.75) is 19.5 Å². The Kier molecular flexibility index (Phi) is 5.41. The van der Waals surface area contributed by atoms with Crippen molar-refractivity contribution in [3.05, 3.63) is 72.4 Å². The maximum absolute atomic E-state index is 12.9. The molecule has 3 heterocycles. The van der Waals surface area contributed by atoms with Crippen molar-refractivity contribution in [1.82, 2.24) is 24.7 Å². The summed E-state index contributed by atoms with van der Waals surface area (Å²) < 4.78 is 40.6. The van der Waals surface area contributed by atoms with E-state index in [1.807, 2.05) is 35.6 Å². The van der Waals surface area contributed by atoms with E-state index in [0.717, 1.165) is 23.0 Å². The summed E-state index contributed by atoms with van der Waals surface area (Å²) in [5, 5.41) is 2.78. The lowest BCUT2D eigenvalue weighted by Gasteiger charge is -2.08. The predicted molar refractivity (Wildman–Crippen MR) is 109 cm³/mol. The van der Waals surface area contributed by atoms with Gasteiger partial charge in [-0.2, -0.15) is 13.2 Å². The second-order valence-electron chi connectivity index (χ2n) is 6.88. The summed E-state index contributed by atoms with van der Waals surface area (Å²) in [7, 11) is 0. The van der Waals surface area contributed by atoms with Gasteiger partial charge in [-0.05, 0) is 36.8 Å². The highest BCUT2D eigenvalue weighted by Crippen LogP contribution is 2.29. The number of nitrogens with one attached hydrogen (secondary N) is 1. The first-order chi connectivity index (χ1) is 14.8. The lowest BCUT2D eigenvalue weighted by molar-refractivity contribution is -0.144. The fourth-order valence-corrected chi connectivity index (χ4v) is 3.30. The molecular weight excluding hydrogens is 407 g/mol. The molecule has 4 rings (SSSR count). The van der Waals surface area contributed by atoms with E-state index >= 15 is 0 Å². The second-order valence-corrected chi connectivity index (χ2v) is 6.88. The summed E-state index contributed by atoms with van der Waals surface area (Å²) in [4.78, 5) is 23.2. The smallest absolute Gasteiger partial charge is 0.356 e. The minimum atomic E-state index is -4.61. The number of hydrogen-bond donors (Lipinski definition) is 1. The van der Waals surface area contributed by atoms with Crippen LogP contribution in [0.2, 0.25) is 0 Å². The first kappa shape index (κ1) is 20.5. The molecule has 9 heteroatoms. The van der Waals surface area contributed by atoms with E-state index < -0.39 is 12.0 Å².